The molecule has 1 saturated heterocycles. The highest BCUT2D eigenvalue weighted by molar-refractivity contribution is 5.96. The Labute approximate surface area is 181 Å². The third kappa shape index (κ3) is 4.33. The number of aromatic nitrogens is 3. The first-order chi connectivity index (χ1) is 15.1. The molecular formula is C21H22F3N5O3. The molecule has 170 valence electrons. The van der Waals surface area contributed by atoms with E-state index < -0.39 is 17.6 Å². The highest BCUT2D eigenvalue weighted by Crippen LogP contribution is 2.36. The number of fused-ring (bicyclic) bond motifs is 1. The number of carbonyl (C=O) groups is 1. The minimum Gasteiger partial charge on any atom is -0.378 e. The fourth-order valence-corrected chi connectivity index (χ4v) is 3.86. The Morgan fingerprint density at radius 2 is 1.94 bits per heavy atom. The van der Waals surface area contributed by atoms with Gasteiger partial charge in [-0.05, 0) is 32.0 Å². The second kappa shape index (κ2) is 8.30. The van der Waals surface area contributed by atoms with Gasteiger partial charge in [-0.2, -0.15) is 13.2 Å². The Kier molecular flexibility index (Phi) is 5.68. The number of benzene rings is 1. The maximum Gasteiger partial charge on any atom is 0.416 e. The van der Waals surface area contributed by atoms with Crippen LogP contribution in [0.1, 0.15) is 22.5 Å². The second-order valence-electron chi connectivity index (χ2n) is 7.63. The van der Waals surface area contributed by atoms with Gasteiger partial charge in [0, 0.05) is 36.1 Å². The van der Waals surface area contributed by atoms with Gasteiger partial charge in [-0.15, -0.1) is 0 Å². The lowest BCUT2D eigenvalue weighted by Gasteiger charge is -2.31. The van der Waals surface area contributed by atoms with Crippen LogP contribution in [0.15, 0.2) is 29.1 Å². The first kappa shape index (κ1) is 21.9. The topological polar surface area (TPSA) is 91.7 Å². The monoisotopic (exact) mass is 449 g/mol. The van der Waals surface area contributed by atoms with Crippen LogP contribution in [-0.2, 0) is 22.1 Å². The second-order valence-corrected chi connectivity index (χ2v) is 7.63. The van der Waals surface area contributed by atoms with E-state index in [1.807, 2.05) is 4.90 Å². The van der Waals surface area contributed by atoms with Crippen molar-refractivity contribution in [3.8, 4) is 0 Å². The molecule has 11 heteroatoms. The van der Waals surface area contributed by atoms with Gasteiger partial charge in [0.2, 0.25) is 5.91 Å². The molecule has 0 radical (unpaired) electrons. The summed E-state index contributed by atoms with van der Waals surface area (Å²) < 4.78 is 46.7. The highest BCUT2D eigenvalue weighted by atomic mass is 19.4. The summed E-state index contributed by atoms with van der Waals surface area (Å²) in [7, 11) is 0. The van der Waals surface area contributed by atoms with Gasteiger partial charge in [-0.3, -0.25) is 14.7 Å². The number of morpholine rings is 1. The average Bonchev–Trinajstić information content (AvgIpc) is 3.11. The Morgan fingerprint density at radius 1 is 1.22 bits per heavy atom. The SMILES string of the molecule is Cc1nc2cc(=O)[nH]n2c(C)c1CC(=O)Nc1cc(C(F)(F)F)ccc1N1CCOCC1. The largest absolute Gasteiger partial charge is 0.416 e. The number of amides is 1. The van der Waals surface area contributed by atoms with E-state index in [1.165, 1.54) is 16.6 Å². The number of nitrogens with one attached hydrogen (secondary N) is 2. The molecule has 3 heterocycles. The van der Waals surface area contributed by atoms with Crippen LogP contribution in [-0.4, -0.2) is 46.8 Å². The number of ether oxygens (including phenoxy) is 1. The summed E-state index contributed by atoms with van der Waals surface area (Å²) in [5.41, 5.74) is 1.64. The zero-order valence-corrected chi connectivity index (χ0v) is 17.5. The predicted octanol–water partition coefficient (Wildman–Crippen LogP) is 2.68. The molecule has 0 atom stereocenters. The van der Waals surface area contributed by atoms with Crippen LogP contribution in [0.25, 0.3) is 5.65 Å². The number of carbonyl (C=O) groups excluding carboxylic acids is 1. The normalized spacial score (nSPS) is 14.7. The van der Waals surface area contributed by atoms with Crippen molar-refractivity contribution in [3.05, 3.63) is 57.1 Å². The molecule has 0 saturated carbocycles. The molecule has 4 rings (SSSR count). The number of halogens is 3. The summed E-state index contributed by atoms with van der Waals surface area (Å²) in [5, 5.41) is 5.26. The van der Waals surface area contributed by atoms with Crippen molar-refractivity contribution in [3.63, 3.8) is 0 Å². The van der Waals surface area contributed by atoms with Crippen LogP contribution < -0.4 is 15.8 Å². The van der Waals surface area contributed by atoms with E-state index in [-0.39, 0.29) is 17.7 Å². The summed E-state index contributed by atoms with van der Waals surface area (Å²) in [6.07, 6.45) is -4.65. The number of aromatic amines is 1. The number of aryl methyl sites for hydroxylation is 2. The van der Waals surface area contributed by atoms with Gasteiger partial charge < -0.3 is 15.0 Å². The van der Waals surface area contributed by atoms with E-state index in [9.17, 15) is 22.8 Å². The molecule has 1 aromatic carbocycles. The van der Waals surface area contributed by atoms with Crippen LogP contribution in [0, 0.1) is 13.8 Å². The van der Waals surface area contributed by atoms with Crippen molar-refractivity contribution in [2.45, 2.75) is 26.4 Å². The van der Waals surface area contributed by atoms with E-state index in [1.54, 1.807) is 13.8 Å². The van der Waals surface area contributed by atoms with Crippen molar-refractivity contribution >= 4 is 22.9 Å². The Balaban J connectivity index is 1.65. The summed E-state index contributed by atoms with van der Waals surface area (Å²) in [6.45, 7) is 5.38. The predicted molar refractivity (Wildman–Crippen MR) is 112 cm³/mol. The Hall–Kier alpha value is -3.34. The van der Waals surface area contributed by atoms with Crippen molar-refractivity contribution in [1.82, 2.24) is 14.6 Å². The van der Waals surface area contributed by atoms with E-state index in [0.717, 1.165) is 12.1 Å². The fourth-order valence-electron chi connectivity index (χ4n) is 3.86. The minimum atomic E-state index is -4.54. The van der Waals surface area contributed by atoms with E-state index in [2.05, 4.69) is 15.4 Å². The smallest absolute Gasteiger partial charge is 0.378 e. The lowest BCUT2D eigenvalue weighted by Crippen LogP contribution is -2.37. The lowest BCUT2D eigenvalue weighted by atomic mass is 10.1. The standard InChI is InChI=1S/C21H22F3N5O3/c1-12-15(13(2)29-18(25-12)11-20(31)27-29)10-19(30)26-16-9-14(21(22,23)24)3-4-17(16)28-5-7-32-8-6-28/h3-4,9,11H,5-8,10H2,1-2H3,(H,26,30)(H,27,31). The van der Waals surface area contributed by atoms with Gasteiger partial charge in [0.25, 0.3) is 5.56 Å². The minimum absolute atomic E-state index is 0.0884. The van der Waals surface area contributed by atoms with Crippen LogP contribution in [0.5, 0.6) is 0 Å². The zero-order valence-electron chi connectivity index (χ0n) is 17.5. The van der Waals surface area contributed by atoms with Crippen LogP contribution >= 0.6 is 0 Å². The molecule has 1 fully saturated rings. The van der Waals surface area contributed by atoms with Gasteiger partial charge in [0.05, 0.1) is 36.6 Å². The molecule has 0 unspecified atom stereocenters. The summed E-state index contributed by atoms with van der Waals surface area (Å²) in [4.78, 5) is 30.7. The maximum absolute atomic E-state index is 13.3. The first-order valence-corrected chi connectivity index (χ1v) is 10.0. The summed E-state index contributed by atoms with van der Waals surface area (Å²) in [6, 6.07) is 4.68. The van der Waals surface area contributed by atoms with Gasteiger partial charge in [0.1, 0.15) is 0 Å². The number of nitrogens with zero attached hydrogens (tertiary/aromatic N) is 3. The first-order valence-electron chi connectivity index (χ1n) is 10.0. The van der Waals surface area contributed by atoms with Crippen LogP contribution in [0.2, 0.25) is 0 Å². The molecule has 3 aromatic rings. The number of hydrogen-bond donors (Lipinski definition) is 2. The molecule has 8 nitrogen and oxygen atoms in total. The third-order valence-corrected chi connectivity index (χ3v) is 5.49. The number of H-pyrrole nitrogens is 1. The van der Waals surface area contributed by atoms with Crippen molar-refractivity contribution < 1.29 is 22.7 Å². The highest BCUT2D eigenvalue weighted by Gasteiger charge is 2.32. The summed E-state index contributed by atoms with van der Waals surface area (Å²) in [5.74, 6) is -0.485. The number of hydrogen-bond acceptors (Lipinski definition) is 5. The quantitative estimate of drug-likeness (QED) is 0.639. The van der Waals surface area contributed by atoms with Crippen molar-refractivity contribution in [2.75, 3.05) is 36.5 Å². The van der Waals surface area contributed by atoms with Crippen molar-refractivity contribution in [2.24, 2.45) is 0 Å². The van der Waals surface area contributed by atoms with E-state index in [0.29, 0.717) is 54.6 Å². The molecule has 1 aliphatic heterocycles. The van der Waals surface area contributed by atoms with Gasteiger partial charge in [-0.1, -0.05) is 0 Å². The fraction of sp³-hybridized carbons (Fsp3) is 0.381. The average molecular weight is 449 g/mol. The molecular weight excluding hydrogens is 427 g/mol. The van der Waals surface area contributed by atoms with Gasteiger partial charge in [0.15, 0.2) is 5.65 Å². The molecule has 2 N–H and O–H groups in total. The molecule has 1 amide bonds. The van der Waals surface area contributed by atoms with E-state index >= 15 is 0 Å². The van der Waals surface area contributed by atoms with Crippen molar-refractivity contribution in [1.29, 1.82) is 0 Å². The lowest BCUT2D eigenvalue weighted by molar-refractivity contribution is -0.137. The summed E-state index contributed by atoms with van der Waals surface area (Å²) >= 11 is 0. The van der Waals surface area contributed by atoms with Gasteiger partial charge >= 0.3 is 6.18 Å². The molecule has 0 bridgehead atoms. The maximum atomic E-state index is 13.3. The molecule has 2 aromatic heterocycles. The number of anilines is 2. The number of alkyl halides is 3. The molecule has 0 aliphatic carbocycles. The Morgan fingerprint density at radius 3 is 2.62 bits per heavy atom. The third-order valence-electron chi connectivity index (χ3n) is 5.49. The molecule has 0 spiro atoms. The Bertz CT molecular complexity index is 1230. The van der Waals surface area contributed by atoms with Gasteiger partial charge in [-0.25, -0.2) is 9.50 Å². The molecule has 1 aliphatic rings. The van der Waals surface area contributed by atoms with Crippen LogP contribution in [0.3, 0.4) is 0 Å². The molecule has 32 heavy (non-hydrogen) atoms. The van der Waals surface area contributed by atoms with Crippen LogP contribution in [0.4, 0.5) is 24.5 Å². The number of rotatable bonds is 4. The van der Waals surface area contributed by atoms with E-state index in [4.69, 9.17) is 4.74 Å². The zero-order chi connectivity index (χ0) is 23.0.